The van der Waals surface area contributed by atoms with Gasteiger partial charge in [-0.3, -0.25) is 4.79 Å². The number of nitrogens with one attached hydrogen (secondary N) is 1. The van der Waals surface area contributed by atoms with Gasteiger partial charge in [-0.2, -0.15) is 0 Å². The number of nitrogens with zero attached hydrogens (tertiary/aromatic N) is 4. The largest absolute Gasteiger partial charge is 1.00 e. The van der Waals surface area contributed by atoms with Gasteiger partial charge in [0.25, 0.3) is 19.1 Å². The number of aromatic nitrogens is 2. The molecule has 0 aliphatic heterocycles. The molecule has 0 spiro atoms. The minimum atomic E-state index is -3.90. The van der Waals surface area contributed by atoms with E-state index in [1.165, 1.54) is 26.4 Å². The number of methoxy groups -OCH3 is 6. The zero-order chi connectivity index (χ0) is 82.2. The standard InChI is InChI=1S/C19H20N2O5S.C10H10N2O2.C9H10BrNO2.C9H9BrO2.C9H11ClO3S.CN.2CH4O.3CH4.ClH.I19.K.H3NO/c1-4-13-8-9-17(25-3)18(10-13)27(22,23)21-19-12-16(20-26-19)14-6-5-7-15(11-14)24-2;1-13-8-4-2-3-7(5-8)9-6-10(11)14-12-9;1-13-8-4-2-3-7(5-8)9(6-10)11-12;1-12-8-4-2-3-7(5-8)9(11)6-10;1-3-7-4-5-8(13-2)9(6-7)14(10,11)12;3*1-2;;;;;1-11-13(4)15(6)17(8)19(10)18(9)16(7)14(5)12(2)3;;1-2/h5-12,21H,4H2,1-3H3;2-6H,11H2,1H3;2-5,12H,6H2,1H3;2-5H,6H2,1H3;4-6H,3H2,1-2H3;;2*2H,1H3;3*1H4;1H;;;2H,1H2/q;;;;;-1;;;;;;;-1;+1;. The second-order valence-corrected chi connectivity index (χ2v) is 429. The van der Waals surface area contributed by atoms with Crippen molar-refractivity contribution in [2.45, 2.75) is 58.8 Å². The molecular weight excluding hydrogens is 3860 g/mol. The van der Waals surface area contributed by atoms with Gasteiger partial charge >= 0.3 is 314 Å². The minimum Gasteiger partial charge on any atom is -0.512 e. The van der Waals surface area contributed by atoms with Crippen molar-refractivity contribution in [1.82, 2.24) is 10.3 Å². The zero-order valence-corrected chi connectivity index (χ0v) is 109. The molecule has 0 saturated heterocycles. The Labute approximate surface area is 863 Å². The Morgan fingerprint density at radius 1 is 0.571 bits per heavy atom. The van der Waals surface area contributed by atoms with Crippen LogP contribution in [0.1, 0.15) is 63.2 Å². The molecule has 112 heavy (non-hydrogen) atoms. The van der Waals surface area contributed by atoms with E-state index in [9.17, 15) is 21.6 Å². The van der Waals surface area contributed by atoms with Gasteiger partial charge in [0.05, 0.1) is 53.7 Å². The molecule has 0 unspecified atom stereocenters. The molecule has 8 aromatic rings. The van der Waals surface area contributed by atoms with E-state index >= 15 is 0 Å². The van der Waals surface area contributed by atoms with Gasteiger partial charge in [-0.15, -0.1) is 12.4 Å². The molecule has 8 rings (SSSR count). The Morgan fingerprint density at radius 3 is 1.31 bits per heavy atom. The molecule has 0 amide bonds. The monoisotopic (exact) mass is 3940 g/mol. The van der Waals surface area contributed by atoms with Gasteiger partial charge < -0.3 is 75.7 Å². The Morgan fingerprint density at radius 2 is 0.946 bits per heavy atom. The van der Waals surface area contributed by atoms with Gasteiger partial charge in [0.2, 0.25) is 11.8 Å². The molecule has 0 bridgehead atoms. The maximum absolute atomic E-state index is 12.8. The molecule has 2 heterocycles. The number of nitrogen functional groups attached to an aromatic ring is 1. The average Bonchev–Trinajstić information content (AvgIpc) is 1.34. The maximum atomic E-state index is 12.8. The number of sulfonamides is 1. The third kappa shape index (κ3) is 51.2. The van der Waals surface area contributed by atoms with Crippen molar-refractivity contribution in [2.75, 3.05) is 78.0 Å². The van der Waals surface area contributed by atoms with E-state index in [2.05, 4.69) is 244 Å². The van der Waals surface area contributed by atoms with Crippen LogP contribution in [0.25, 0.3) is 22.5 Å². The molecule has 24 nitrogen and oxygen atoms in total. The van der Waals surface area contributed by atoms with Gasteiger partial charge in [-0.25, -0.2) is 27.5 Å². The van der Waals surface area contributed by atoms with Gasteiger partial charge in [0.15, 0.2) is 5.78 Å². The molecule has 6 aromatic carbocycles. The normalized spacial score (nSPS) is 10.9. The van der Waals surface area contributed by atoms with E-state index in [-0.39, 0.29) is 174 Å². The second-order valence-electron chi connectivity index (χ2n) is 17.4. The summed E-state index contributed by atoms with van der Waals surface area (Å²) < 4.78 is 90.7. The number of anilines is 2. The number of benzene rings is 6. The fraction of sp³-hybridized carbons (Fsp3) is 0.274. The first-order valence-electron chi connectivity index (χ1n) is 27.7. The number of ether oxygens (including phenoxy) is 6. The Balaban J connectivity index is -0.000000235. The first-order chi connectivity index (χ1) is 51.0. The smallest absolute Gasteiger partial charge is 0.512 e. The first kappa shape index (κ1) is 133. The summed E-state index contributed by atoms with van der Waals surface area (Å²) in [6, 6.07) is 42.4. The van der Waals surface area contributed by atoms with E-state index < -0.39 is 27.0 Å². The van der Waals surface area contributed by atoms with Crippen LogP contribution in [-0.4, -0.2) is 127 Å². The molecule has 0 fully saturated rings. The number of hydrogen-bond donors (Lipinski definition) is 7. The van der Waals surface area contributed by atoms with E-state index in [0.29, 0.717) is 70.4 Å². The van der Waals surface area contributed by atoms with Crippen LogP contribution in [0, 0.1) is 11.8 Å². The number of nitrogens with two attached hydrogens (primary N) is 2. The predicted molar refractivity (Wildman–Crippen MR) is 623 cm³/mol. The van der Waals surface area contributed by atoms with Gasteiger partial charge in [-0.1, -0.05) is 144 Å². The first-order valence-corrected chi connectivity index (χ1v) is 147. The summed E-state index contributed by atoms with van der Waals surface area (Å²) in [6.07, 6.45) is 1.46. The third-order valence-corrected chi connectivity index (χ3v) is 1250. The number of halogens is 23. The number of alkyl halides is 2. The second kappa shape index (κ2) is 78.4. The Kier molecular flexibility index (Phi) is 92.9. The van der Waals surface area contributed by atoms with Crippen LogP contribution < -0.4 is 109 Å². The van der Waals surface area contributed by atoms with Gasteiger partial charge in [0.1, 0.15) is 55.7 Å². The van der Waals surface area contributed by atoms with E-state index in [0.717, 1.165) is 60.0 Å². The number of aryl methyl sites for hydroxylation is 2. The third-order valence-electron chi connectivity index (χ3n) is 11.6. The molecule has 2 aromatic heterocycles. The fourth-order valence-corrected chi connectivity index (χ4v) is 2730. The molecular formula is C62H84Br2Cl2I19KN7O17S2-. The SMILES string of the molecule is C.C.C.CCc1ccc(OC)c(S(=O)(=O)Cl)c1.CCc1ccc(OC)c(S(=O)(=O)Nc2cc(-c3cccc(OC)c3)no2)c1.CO.CO.COc1cccc(-c2cc(N)on2)c1.COc1cccc(C(=O)CBr)c1.COc1cccc(C(CBr)=NO)c1.Cl.I[I-]I(I)I(I)I(I)I(I)I(I)I(I)I(I)I(I)I.NO.[C-]#N.[K+]. The van der Waals surface area contributed by atoms with Gasteiger partial charge in [0, 0.05) is 64.6 Å². The number of oxime groups is 1. The number of carbonyl (C=O) groups excluding carboxylic acids is 1. The number of ketones is 1. The van der Waals surface area contributed by atoms with Crippen molar-refractivity contribution in [2.24, 2.45) is 11.1 Å². The van der Waals surface area contributed by atoms with Crippen LogP contribution in [0.2, 0.25) is 0 Å². The molecule has 0 radical (unpaired) electrons. The Hall–Kier alpha value is 7.56. The predicted octanol–water partition coefficient (Wildman–Crippen LogP) is 23.3. The van der Waals surface area contributed by atoms with Crippen LogP contribution in [0.3, 0.4) is 0 Å². The Bertz CT molecular complexity index is 4150. The summed E-state index contributed by atoms with van der Waals surface area (Å²) in [5, 5.41) is 47.2. The quantitative estimate of drug-likeness (QED) is 0.00305. The van der Waals surface area contributed by atoms with Crippen molar-refractivity contribution in [3.8, 4) is 57.0 Å². The summed E-state index contributed by atoms with van der Waals surface area (Å²) >= 11 is 37.2. The number of carbonyl (C=O) groups is 1. The molecule has 0 atom stereocenters. The maximum Gasteiger partial charge on any atom is 1.00 e. The zero-order valence-electron chi connectivity index (χ0n) is 58.3. The summed E-state index contributed by atoms with van der Waals surface area (Å²) in [4.78, 5) is 11.3. The summed E-state index contributed by atoms with van der Waals surface area (Å²) in [5.41, 5.74) is 12.2. The van der Waals surface area contributed by atoms with Gasteiger partial charge in [-0.05, 0) is 96.8 Å². The molecule has 0 aliphatic carbocycles. The van der Waals surface area contributed by atoms with E-state index in [1.807, 2.05) is 92.7 Å². The van der Waals surface area contributed by atoms with Crippen LogP contribution in [0.4, 0.5) is 11.8 Å². The van der Waals surface area contributed by atoms with Crippen LogP contribution >= 0.6 is 304 Å². The van der Waals surface area contributed by atoms with Crippen molar-refractivity contribution in [3.05, 3.63) is 174 Å². The summed E-state index contributed by atoms with van der Waals surface area (Å²) in [5.74, 6) is 7.32. The molecule has 0 saturated carbocycles. The molecule has 0 aliphatic rings. The summed E-state index contributed by atoms with van der Waals surface area (Å²) in [6.45, 7) is 8.63. The molecule has 644 valence electrons. The number of aliphatic hydroxyl groups is 2. The fourth-order valence-electron chi connectivity index (χ4n) is 6.96. The van der Waals surface area contributed by atoms with Crippen LogP contribution in [0.5, 0.6) is 34.5 Å². The molecule has 9 N–H and O–H groups in total. The van der Waals surface area contributed by atoms with Crippen molar-refractivity contribution in [3.63, 3.8) is 0 Å². The van der Waals surface area contributed by atoms with Crippen molar-refractivity contribution in [1.29, 1.82) is 5.26 Å². The van der Waals surface area contributed by atoms with Crippen molar-refractivity contribution < 1.29 is 144 Å². The number of hydrogen-bond acceptors (Lipinski definition) is 23. The number of rotatable bonds is 26. The van der Waals surface area contributed by atoms with Crippen LogP contribution in [0.15, 0.2) is 170 Å². The molecule has 50 heteroatoms. The van der Waals surface area contributed by atoms with Crippen molar-refractivity contribution >= 4 is 347 Å². The topological polar surface area (TPSA) is 374 Å². The number of aliphatic hydroxyl groups excluding tert-OH is 2. The summed E-state index contributed by atoms with van der Waals surface area (Å²) in [7, 11) is 5.85. The minimum absolute atomic E-state index is 0. The number of Topliss-reactive ketones (excluding diaryl/α,β-unsaturated/α-hetero) is 1. The average molecular weight is 3940 g/mol. The van der Waals surface area contributed by atoms with E-state index in [4.69, 9.17) is 86.3 Å². The van der Waals surface area contributed by atoms with E-state index in [1.54, 1.807) is 83.0 Å². The van der Waals surface area contributed by atoms with Crippen LogP contribution in [-0.2, 0) is 31.9 Å².